The van der Waals surface area contributed by atoms with E-state index in [0.29, 0.717) is 28.6 Å². The third kappa shape index (κ3) is 4.36. The highest BCUT2D eigenvalue weighted by Gasteiger charge is 2.11. The van der Waals surface area contributed by atoms with Crippen molar-refractivity contribution in [2.24, 2.45) is 0 Å². The largest absolute Gasteiger partial charge is 0.496 e. The van der Waals surface area contributed by atoms with Gasteiger partial charge in [0.15, 0.2) is 0 Å². The predicted octanol–water partition coefficient (Wildman–Crippen LogP) is 4.90. The molecule has 2 aromatic carbocycles. The molecule has 0 spiro atoms. The van der Waals surface area contributed by atoms with Crippen LogP contribution in [0.25, 0.3) is 0 Å². The number of anilines is 1. The van der Waals surface area contributed by atoms with Crippen LogP contribution in [-0.4, -0.2) is 18.0 Å². The molecule has 25 heavy (non-hydrogen) atoms. The van der Waals surface area contributed by atoms with Crippen LogP contribution < -0.4 is 14.8 Å². The normalized spacial score (nSPS) is 10.2. The molecule has 1 N–H and O–H groups in total. The van der Waals surface area contributed by atoms with E-state index in [-0.39, 0.29) is 5.91 Å². The molecule has 0 aliphatic rings. The monoisotopic (exact) mass is 398 g/mol. The van der Waals surface area contributed by atoms with E-state index < -0.39 is 0 Å². The summed E-state index contributed by atoms with van der Waals surface area (Å²) in [4.78, 5) is 16.6. The Morgan fingerprint density at radius 3 is 2.64 bits per heavy atom. The van der Waals surface area contributed by atoms with E-state index in [1.165, 1.54) is 7.11 Å². The molecule has 6 heteroatoms. The van der Waals surface area contributed by atoms with E-state index in [1.54, 1.807) is 36.5 Å². The first-order chi connectivity index (χ1) is 12.2. The van der Waals surface area contributed by atoms with E-state index in [2.05, 4.69) is 26.2 Å². The summed E-state index contributed by atoms with van der Waals surface area (Å²) in [5.41, 5.74) is 1.02. The molecule has 0 atom stereocenters. The second kappa shape index (κ2) is 7.81. The molecule has 0 saturated carbocycles. The van der Waals surface area contributed by atoms with Gasteiger partial charge in [-0.3, -0.25) is 4.79 Å². The lowest BCUT2D eigenvalue weighted by atomic mass is 10.2. The Morgan fingerprint density at radius 2 is 1.92 bits per heavy atom. The molecular weight excluding hydrogens is 384 g/mol. The molecule has 3 rings (SSSR count). The highest BCUT2D eigenvalue weighted by atomic mass is 79.9. The Hall–Kier alpha value is -2.86. The van der Waals surface area contributed by atoms with E-state index in [4.69, 9.17) is 9.47 Å². The number of methoxy groups -OCH3 is 1. The number of carbonyl (C=O) groups excluding carboxylic acids is 1. The van der Waals surface area contributed by atoms with Crippen molar-refractivity contribution >= 4 is 27.5 Å². The van der Waals surface area contributed by atoms with Crippen molar-refractivity contribution in [2.75, 3.05) is 12.4 Å². The van der Waals surface area contributed by atoms with Gasteiger partial charge in [-0.2, -0.15) is 0 Å². The van der Waals surface area contributed by atoms with Crippen LogP contribution in [0.3, 0.4) is 0 Å². The van der Waals surface area contributed by atoms with Crippen molar-refractivity contribution in [1.29, 1.82) is 0 Å². The second-order valence-electron chi connectivity index (χ2n) is 5.10. The third-order valence-corrected chi connectivity index (χ3v) is 3.86. The lowest BCUT2D eigenvalue weighted by Crippen LogP contribution is -2.13. The topological polar surface area (TPSA) is 60.5 Å². The molecule has 0 aliphatic heterocycles. The van der Waals surface area contributed by atoms with Gasteiger partial charge in [0.2, 0.25) is 5.88 Å². The van der Waals surface area contributed by atoms with Crippen molar-refractivity contribution in [3.05, 3.63) is 76.9 Å². The summed E-state index contributed by atoms with van der Waals surface area (Å²) >= 11 is 3.39. The number of hydrogen-bond donors (Lipinski definition) is 1. The molecule has 1 aromatic heterocycles. The Morgan fingerprint density at radius 1 is 1.08 bits per heavy atom. The standard InChI is InChI=1S/C19H15BrN2O3/c1-24-17-8-3-2-7-16(17)19(23)22-14-9-10-18(21-12-14)25-15-6-4-5-13(20)11-15/h2-12H,1H3,(H,22,23). The average Bonchev–Trinajstić information content (AvgIpc) is 2.63. The molecule has 1 amide bonds. The Kier molecular flexibility index (Phi) is 5.30. The van der Waals surface area contributed by atoms with Crippen LogP contribution in [0.2, 0.25) is 0 Å². The lowest BCUT2D eigenvalue weighted by molar-refractivity contribution is 0.102. The van der Waals surface area contributed by atoms with Gasteiger partial charge in [0.05, 0.1) is 24.6 Å². The number of benzene rings is 2. The molecule has 126 valence electrons. The predicted molar refractivity (Wildman–Crippen MR) is 99.4 cm³/mol. The maximum absolute atomic E-state index is 12.4. The molecular formula is C19H15BrN2O3. The molecule has 1 heterocycles. The molecule has 5 nitrogen and oxygen atoms in total. The minimum Gasteiger partial charge on any atom is -0.496 e. The first-order valence-electron chi connectivity index (χ1n) is 7.49. The van der Waals surface area contributed by atoms with Crippen molar-refractivity contribution < 1.29 is 14.3 Å². The van der Waals surface area contributed by atoms with Gasteiger partial charge in [-0.25, -0.2) is 4.98 Å². The quantitative estimate of drug-likeness (QED) is 0.663. The number of hydrogen-bond acceptors (Lipinski definition) is 4. The lowest BCUT2D eigenvalue weighted by Gasteiger charge is -2.09. The van der Waals surface area contributed by atoms with Gasteiger partial charge in [-0.1, -0.05) is 34.1 Å². The van der Waals surface area contributed by atoms with Crippen LogP contribution >= 0.6 is 15.9 Å². The molecule has 0 bridgehead atoms. The summed E-state index contributed by atoms with van der Waals surface area (Å²) in [7, 11) is 1.53. The summed E-state index contributed by atoms with van der Waals surface area (Å²) < 4.78 is 11.8. The van der Waals surface area contributed by atoms with Crippen LogP contribution in [0.5, 0.6) is 17.4 Å². The van der Waals surface area contributed by atoms with E-state index in [1.807, 2.05) is 30.3 Å². The first-order valence-corrected chi connectivity index (χ1v) is 8.29. The Bertz CT molecular complexity index is 882. The molecule has 0 unspecified atom stereocenters. The maximum Gasteiger partial charge on any atom is 0.259 e. The summed E-state index contributed by atoms with van der Waals surface area (Å²) in [6.07, 6.45) is 1.54. The van der Waals surface area contributed by atoms with Gasteiger partial charge in [-0.05, 0) is 36.4 Å². The third-order valence-electron chi connectivity index (χ3n) is 3.36. The van der Waals surface area contributed by atoms with Crippen molar-refractivity contribution in [2.45, 2.75) is 0 Å². The van der Waals surface area contributed by atoms with Crippen LogP contribution in [0.1, 0.15) is 10.4 Å². The molecule has 0 aliphatic carbocycles. The number of nitrogens with zero attached hydrogens (tertiary/aromatic N) is 1. The van der Waals surface area contributed by atoms with Crippen molar-refractivity contribution in [3.8, 4) is 17.4 Å². The number of rotatable bonds is 5. The van der Waals surface area contributed by atoms with Crippen LogP contribution in [0.15, 0.2) is 71.3 Å². The Labute approximate surface area is 153 Å². The fourth-order valence-electron chi connectivity index (χ4n) is 2.20. The highest BCUT2D eigenvalue weighted by molar-refractivity contribution is 9.10. The van der Waals surface area contributed by atoms with Crippen LogP contribution in [-0.2, 0) is 0 Å². The highest BCUT2D eigenvalue weighted by Crippen LogP contribution is 2.24. The fourth-order valence-corrected chi connectivity index (χ4v) is 2.57. The minimum absolute atomic E-state index is 0.264. The number of carbonyl (C=O) groups is 1. The van der Waals surface area contributed by atoms with Crippen LogP contribution in [0, 0.1) is 0 Å². The number of pyridine rings is 1. The zero-order valence-electron chi connectivity index (χ0n) is 13.4. The zero-order chi connectivity index (χ0) is 17.6. The number of amides is 1. The van der Waals surface area contributed by atoms with E-state index in [9.17, 15) is 4.79 Å². The number of ether oxygens (including phenoxy) is 2. The summed E-state index contributed by atoms with van der Waals surface area (Å²) in [6, 6.07) is 17.9. The number of aromatic nitrogens is 1. The first kappa shape index (κ1) is 17.0. The summed E-state index contributed by atoms with van der Waals surface area (Å²) in [5, 5.41) is 2.79. The van der Waals surface area contributed by atoms with Crippen LogP contribution in [0.4, 0.5) is 5.69 Å². The summed E-state index contributed by atoms with van der Waals surface area (Å²) in [5.74, 6) is 1.36. The Balaban J connectivity index is 1.69. The maximum atomic E-state index is 12.4. The van der Waals surface area contributed by atoms with Gasteiger partial charge in [0.1, 0.15) is 11.5 Å². The zero-order valence-corrected chi connectivity index (χ0v) is 15.0. The van der Waals surface area contributed by atoms with Crippen molar-refractivity contribution in [3.63, 3.8) is 0 Å². The van der Waals surface area contributed by atoms with E-state index >= 15 is 0 Å². The summed E-state index contributed by atoms with van der Waals surface area (Å²) in [6.45, 7) is 0. The number of para-hydroxylation sites is 1. The SMILES string of the molecule is COc1ccccc1C(=O)Nc1ccc(Oc2cccc(Br)c2)nc1. The number of nitrogens with one attached hydrogen (secondary N) is 1. The van der Waals surface area contributed by atoms with Gasteiger partial charge in [-0.15, -0.1) is 0 Å². The van der Waals surface area contributed by atoms with E-state index in [0.717, 1.165) is 4.47 Å². The second-order valence-corrected chi connectivity index (χ2v) is 6.01. The van der Waals surface area contributed by atoms with Crippen molar-refractivity contribution in [1.82, 2.24) is 4.98 Å². The molecule has 0 saturated heterocycles. The smallest absolute Gasteiger partial charge is 0.259 e. The van der Waals surface area contributed by atoms with Gasteiger partial charge in [0.25, 0.3) is 5.91 Å². The number of halogens is 1. The fraction of sp³-hybridized carbons (Fsp3) is 0.0526. The van der Waals surface area contributed by atoms with Gasteiger partial charge < -0.3 is 14.8 Å². The average molecular weight is 399 g/mol. The molecule has 3 aromatic rings. The minimum atomic E-state index is -0.264. The van der Waals surface area contributed by atoms with Gasteiger partial charge in [0, 0.05) is 10.5 Å². The molecule has 0 radical (unpaired) electrons. The molecule has 0 fully saturated rings. The van der Waals surface area contributed by atoms with Gasteiger partial charge >= 0.3 is 0 Å².